The molecule has 2 amide bonds. The van der Waals surface area contributed by atoms with E-state index in [-0.39, 0.29) is 18.4 Å². The molecule has 0 bridgehead atoms. The third-order valence-corrected chi connectivity index (χ3v) is 5.94. The summed E-state index contributed by atoms with van der Waals surface area (Å²) < 4.78 is 1.74. The maximum atomic E-state index is 12.4. The van der Waals surface area contributed by atoms with Gasteiger partial charge in [-0.25, -0.2) is 0 Å². The summed E-state index contributed by atoms with van der Waals surface area (Å²) in [4.78, 5) is 24.6. The molecule has 0 aliphatic heterocycles. The summed E-state index contributed by atoms with van der Waals surface area (Å²) >= 11 is 0. The molecule has 30 heavy (non-hydrogen) atoms. The number of carbonyl (C=O) groups excluding carboxylic acids is 2. The second-order valence-corrected chi connectivity index (χ2v) is 8.60. The Balaban J connectivity index is 1.37. The average molecular weight is 402 g/mol. The minimum atomic E-state index is -0.00939. The van der Waals surface area contributed by atoms with E-state index in [0.29, 0.717) is 17.5 Å². The monoisotopic (exact) mass is 402 g/mol. The van der Waals surface area contributed by atoms with E-state index in [2.05, 4.69) is 28.7 Å². The van der Waals surface area contributed by atoms with Crippen molar-refractivity contribution < 1.29 is 9.59 Å². The number of hydrogen-bond acceptors (Lipinski definition) is 3. The van der Waals surface area contributed by atoms with Crippen LogP contribution in [-0.4, -0.2) is 34.2 Å². The van der Waals surface area contributed by atoms with Crippen LogP contribution in [0.25, 0.3) is 22.0 Å². The van der Waals surface area contributed by atoms with Gasteiger partial charge in [-0.3, -0.25) is 14.3 Å². The number of hydrogen-bond donors (Lipinski definition) is 2. The number of amides is 2. The zero-order valence-electron chi connectivity index (χ0n) is 17.1. The number of nitrogens with one attached hydrogen (secondary N) is 2. The van der Waals surface area contributed by atoms with Gasteiger partial charge >= 0.3 is 0 Å². The van der Waals surface area contributed by atoms with Gasteiger partial charge in [-0.15, -0.1) is 0 Å². The lowest BCUT2D eigenvalue weighted by Crippen LogP contribution is -2.29. The SMILES string of the molecule is Cc1ccc(C(=O)NC2CC2)cc1-c1ccc2c(cnn2CC(=O)NCC2CC2)c1. The van der Waals surface area contributed by atoms with E-state index >= 15 is 0 Å². The molecule has 2 fully saturated rings. The van der Waals surface area contributed by atoms with Gasteiger partial charge in [-0.2, -0.15) is 5.10 Å². The van der Waals surface area contributed by atoms with Crippen LogP contribution in [0.1, 0.15) is 41.6 Å². The van der Waals surface area contributed by atoms with Crippen LogP contribution < -0.4 is 10.6 Å². The molecule has 154 valence electrons. The number of rotatable bonds is 7. The Labute approximate surface area is 175 Å². The van der Waals surface area contributed by atoms with Crippen molar-refractivity contribution >= 4 is 22.7 Å². The van der Waals surface area contributed by atoms with E-state index in [4.69, 9.17) is 0 Å². The quantitative estimate of drug-likeness (QED) is 0.636. The predicted octanol–water partition coefficient (Wildman–Crippen LogP) is 3.43. The first kappa shape index (κ1) is 18.9. The predicted molar refractivity (Wildman–Crippen MR) is 116 cm³/mol. The third kappa shape index (κ3) is 4.08. The van der Waals surface area contributed by atoms with E-state index in [1.54, 1.807) is 10.9 Å². The number of fused-ring (bicyclic) bond motifs is 1. The van der Waals surface area contributed by atoms with Gasteiger partial charge in [-0.1, -0.05) is 12.1 Å². The van der Waals surface area contributed by atoms with Crippen molar-refractivity contribution in [1.29, 1.82) is 0 Å². The van der Waals surface area contributed by atoms with Gasteiger partial charge in [0.1, 0.15) is 6.54 Å². The molecule has 0 spiro atoms. The van der Waals surface area contributed by atoms with Gasteiger partial charge in [0, 0.05) is 23.5 Å². The summed E-state index contributed by atoms with van der Waals surface area (Å²) in [5, 5.41) is 11.4. The van der Waals surface area contributed by atoms with Crippen LogP contribution in [-0.2, 0) is 11.3 Å². The van der Waals surface area contributed by atoms with Crippen molar-refractivity contribution in [3.05, 3.63) is 53.7 Å². The zero-order chi connectivity index (χ0) is 20.7. The van der Waals surface area contributed by atoms with Gasteiger partial charge in [-0.05, 0) is 79.5 Å². The maximum absolute atomic E-state index is 12.4. The Kier molecular flexibility index (Phi) is 4.77. The average Bonchev–Trinajstić information content (AvgIpc) is 3.67. The van der Waals surface area contributed by atoms with Crippen molar-refractivity contribution in [3.63, 3.8) is 0 Å². The standard InChI is InChI=1S/C24H26N4O2/c1-15-2-5-18(24(30)27-20-7-8-20)11-21(15)17-6-9-22-19(10-17)13-26-28(22)14-23(29)25-12-16-3-4-16/h2,5-6,9-11,13,16,20H,3-4,7-8,12,14H2,1H3,(H,25,29)(H,27,30). The summed E-state index contributed by atoms with van der Waals surface area (Å²) in [5.74, 6) is 0.655. The number of benzene rings is 2. The van der Waals surface area contributed by atoms with Crippen LogP contribution in [0.3, 0.4) is 0 Å². The third-order valence-electron chi connectivity index (χ3n) is 5.94. The van der Waals surface area contributed by atoms with Crippen LogP contribution in [0.4, 0.5) is 0 Å². The molecule has 2 aromatic carbocycles. The summed E-state index contributed by atoms with van der Waals surface area (Å²) in [5.41, 5.74) is 4.81. The molecule has 1 heterocycles. The molecular formula is C24H26N4O2. The van der Waals surface area contributed by atoms with E-state index in [1.807, 2.05) is 30.3 Å². The van der Waals surface area contributed by atoms with Crippen LogP contribution in [0.2, 0.25) is 0 Å². The first-order valence-corrected chi connectivity index (χ1v) is 10.7. The molecule has 1 aromatic heterocycles. The zero-order valence-corrected chi connectivity index (χ0v) is 17.1. The largest absolute Gasteiger partial charge is 0.354 e. The van der Waals surface area contributed by atoms with Crippen LogP contribution in [0, 0.1) is 12.8 Å². The molecule has 0 unspecified atom stereocenters. The van der Waals surface area contributed by atoms with Gasteiger partial charge in [0.15, 0.2) is 0 Å². The number of nitrogens with zero attached hydrogens (tertiary/aromatic N) is 2. The first-order chi connectivity index (χ1) is 14.6. The Morgan fingerprint density at radius 1 is 1.10 bits per heavy atom. The Bertz CT molecular complexity index is 1130. The van der Waals surface area contributed by atoms with Crippen molar-refractivity contribution in [2.24, 2.45) is 5.92 Å². The summed E-state index contributed by atoms with van der Waals surface area (Å²) in [7, 11) is 0. The number of aryl methyl sites for hydroxylation is 1. The minimum Gasteiger partial charge on any atom is -0.354 e. The Morgan fingerprint density at radius 2 is 1.93 bits per heavy atom. The molecule has 2 aliphatic rings. The summed E-state index contributed by atoms with van der Waals surface area (Å²) in [6.45, 7) is 3.05. The normalized spacial score (nSPS) is 15.9. The highest BCUT2D eigenvalue weighted by Crippen LogP contribution is 2.29. The Hall–Kier alpha value is -3.15. The fourth-order valence-electron chi connectivity index (χ4n) is 3.72. The van der Waals surface area contributed by atoms with E-state index in [9.17, 15) is 9.59 Å². The molecular weight excluding hydrogens is 376 g/mol. The molecule has 3 aromatic rings. The second kappa shape index (κ2) is 7.59. The molecule has 6 heteroatoms. The molecule has 0 saturated heterocycles. The Morgan fingerprint density at radius 3 is 2.70 bits per heavy atom. The molecule has 2 aliphatic carbocycles. The van der Waals surface area contributed by atoms with Crippen molar-refractivity contribution in [2.75, 3.05) is 6.54 Å². The second-order valence-electron chi connectivity index (χ2n) is 8.60. The maximum Gasteiger partial charge on any atom is 0.251 e. The molecule has 0 atom stereocenters. The number of aromatic nitrogens is 2. The fraction of sp³-hybridized carbons (Fsp3) is 0.375. The van der Waals surface area contributed by atoms with E-state index in [0.717, 1.165) is 47.0 Å². The van der Waals surface area contributed by atoms with Crippen molar-refractivity contribution in [1.82, 2.24) is 20.4 Å². The van der Waals surface area contributed by atoms with E-state index in [1.165, 1.54) is 12.8 Å². The highest BCUT2D eigenvalue weighted by Gasteiger charge is 2.24. The fourth-order valence-corrected chi connectivity index (χ4v) is 3.72. The van der Waals surface area contributed by atoms with E-state index < -0.39 is 0 Å². The smallest absolute Gasteiger partial charge is 0.251 e. The number of carbonyl (C=O) groups is 2. The lowest BCUT2D eigenvalue weighted by Gasteiger charge is -2.10. The van der Waals surface area contributed by atoms with Crippen molar-refractivity contribution in [2.45, 2.75) is 45.2 Å². The lowest BCUT2D eigenvalue weighted by molar-refractivity contribution is -0.121. The molecule has 0 radical (unpaired) electrons. The van der Waals surface area contributed by atoms with Gasteiger partial charge in [0.05, 0.1) is 11.7 Å². The van der Waals surface area contributed by atoms with Crippen LogP contribution in [0.15, 0.2) is 42.6 Å². The summed E-state index contributed by atoms with van der Waals surface area (Å²) in [6, 6.07) is 12.3. The van der Waals surface area contributed by atoms with Gasteiger partial charge in [0.2, 0.25) is 5.91 Å². The topological polar surface area (TPSA) is 76.0 Å². The molecule has 6 nitrogen and oxygen atoms in total. The molecule has 5 rings (SSSR count). The van der Waals surface area contributed by atoms with Crippen molar-refractivity contribution in [3.8, 4) is 11.1 Å². The minimum absolute atomic E-state index is 0.00111. The molecule has 2 N–H and O–H groups in total. The highest BCUT2D eigenvalue weighted by atomic mass is 16.2. The highest BCUT2D eigenvalue weighted by molar-refractivity contribution is 5.96. The van der Waals surface area contributed by atoms with Gasteiger partial charge < -0.3 is 10.6 Å². The van der Waals surface area contributed by atoms with Crippen LogP contribution >= 0.6 is 0 Å². The van der Waals surface area contributed by atoms with Crippen LogP contribution in [0.5, 0.6) is 0 Å². The lowest BCUT2D eigenvalue weighted by atomic mass is 9.97. The van der Waals surface area contributed by atoms with Gasteiger partial charge in [0.25, 0.3) is 5.91 Å². The summed E-state index contributed by atoms with van der Waals surface area (Å²) in [6.07, 6.45) is 6.38. The molecule has 2 saturated carbocycles. The first-order valence-electron chi connectivity index (χ1n) is 10.7.